The second-order valence-corrected chi connectivity index (χ2v) is 5.98. The van der Waals surface area contributed by atoms with Crippen LogP contribution in [-0.2, 0) is 9.59 Å². The molecule has 0 rings (SSSR count). The zero-order chi connectivity index (χ0) is 20.6. The number of imide groups is 3. The summed E-state index contributed by atoms with van der Waals surface area (Å²) in [5, 5.41) is 6.45. The van der Waals surface area contributed by atoms with Gasteiger partial charge in [0.05, 0.1) is 0 Å². The summed E-state index contributed by atoms with van der Waals surface area (Å²) in [5.74, 6) is -1.26. The number of hydrogen-bond donors (Lipinski definition) is 3. The van der Waals surface area contributed by atoms with Crippen LogP contribution < -0.4 is 16.0 Å². The fourth-order valence-corrected chi connectivity index (χ4v) is 1.72. The molecular weight excluding hydrogens is 342 g/mol. The lowest BCUT2D eigenvalue weighted by atomic mass is 10.0. The van der Waals surface area contributed by atoms with Gasteiger partial charge in [0.2, 0.25) is 5.91 Å². The van der Waals surface area contributed by atoms with Crippen molar-refractivity contribution in [1.82, 2.24) is 25.8 Å². The van der Waals surface area contributed by atoms with Gasteiger partial charge >= 0.3 is 18.1 Å². The van der Waals surface area contributed by atoms with Crippen LogP contribution in [-0.4, -0.2) is 66.9 Å². The Balaban J connectivity index is 4.64. The largest absolute Gasteiger partial charge is 0.341 e. The van der Waals surface area contributed by atoms with Gasteiger partial charge in [-0.3, -0.25) is 24.7 Å². The van der Waals surface area contributed by atoms with Crippen LogP contribution >= 0.6 is 0 Å². The van der Waals surface area contributed by atoms with Gasteiger partial charge in [0.25, 0.3) is 5.91 Å². The lowest BCUT2D eigenvalue weighted by molar-refractivity contribution is -0.129. The van der Waals surface area contributed by atoms with E-state index in [4.69, 9.17) is 0 Å². The Hall–Kier alpha value is -2.91. The number of nitrogens with one attached hydrogen (secondary N) is 3. The van der Waals surface area contributed by atoms with Crippen LogP contribution in [0, 0.1) is 5.92 Å². The van der Waals surface area contributed by atoms with Crippen LogP contribution in [0.25, 0.3) is 0 Å². The lowest BCUT2D eigenvalue weighted by Gasteiger charge is -2.21. The minimum Gasteiger partial charge on any atom is -0.341 e. The molecule has 26 heavy (non-hydrogen) atoms. The number of carbonyl (C=O) groups is 5. The van der Waals surface area contributed by atoms with Gasteiger partial charge in [0.15, 0.2) is 0 Å². The smallest absolute Gasteiger partial charge is 0.331 e. The molecule has 0 aliphatic heterocycles. The van der Waals surface area contributed by atoms with E-state index < -0.39 is 35.9 Å². The van der Waals surface area contributed by atoms with Crippen LogP contribution in [0.15, 0.2) is 12.2 Å². The van der Waals surface area contributed by atoms with Crippen molar-refractivity contribution in [3.05, 3.63) is 12.2 Å². The summed E-state index contributed by atoms with van der Waals surface area (Å²) in [7, 11) is 3.85. The van der Waals surface area contributed by atoms with E-state index in [1.807, 2.05) is 5.32 Å². The number of hydrogen-bond acceptors (Lipinski definition) is 5. The fraction of sp³-hybridized carbons (Fsp3) is 0.562. The van der Waals surface area contributed by atoms with E-state index in [1.54, 1.807) is 13.8 Å². The molecule has 146 valence electrons. The topological polar surface area (TPSA) is 128 Å². The highest BCUT2D eigenvalue weighted by Crippen LogP contribution is 2.12. The van der Waals surface area contributed by atoms with Gasteiger partial charge in [-0.15, -0.1) is 0 Å². The summed E-state index contributed by atoms with van der Waals surface area (Å²) >= 11 is 0. The Labute approximate surface area is 153 Å². The van der Waals surface area contributed by atoms with Gasteiger partial charge in [0, 0.05) is 27.6 Å². The van der Waals surface area contributed by atoms with E-state index in [0.717, 1.165) is 15.4 Å². The molecule has 1 unspecified atom stereocenters. The summed E-state index contributed by atoms with van der Waals surface area (Å²) in [6, 6.07) is -3.60. The molecule has 2 atom stereocenters. The molecule has 0 bridgehead atoms. The number of urea groups is 3. The molecule has 0 aliphatic rings. The number of rotatable bonds is 5. The van der Waals surface area contributed by atoms with Crippen LogP contribution in [0.4, 0.5) is 14.4 Å². The third-order valence-electron chi connectivity index (χ3n) is 3.79. The number of likely N-dealkylation sites (N-methyl/N-ethyl adjacent to an activating group) is 1. The molecule has 0 radical (unpaired) electrons. The molecule has 10 heteroatoms. The molecule has 0 fully saturated rings. The van der Waals surface area contributed by atoms with Crippen LogP contribution in [0.5, 0.6) is 0 Å². The number of carbonyl (C=O) groups excluding carboxylic acids is 5. The average molecular weight is 369 g/mol. The van der Waals surface area contributed by atoms with Crippen molar-refractivity contribution in [1.29, 1.82) is 0 Å². The molecule has 0 aliphatic carbocycles. The predicted octanol–water partition coefficient (Wildman–Crippen LogP) is 0.653. The van der Waals surface area contributed by atoms with Crippen molar-refractivity contribution in [2.45, 2.75) is 33.2 Å². The molecule has 3 N–H and O–H groups in total. The summed E-state index contributed by atoms with van der Waals surface area (Å²) < 4.78 is 0. The predicted molar refractivity (Wildman–Crippen MR) is 95.1 cm³/mol. The third-order valence-corrected chi connectivity index (χ3v) is 3.79. The molecule has 0 aromatic heterocycles. The van der Waals surface area contributed by atoms with Crippen molar-refractivity contribution in [3.8, 4) is 0 Å². The molecule has 0 saturated carbocycles. The maximum Gasteiger partial charge on any atom is 0.331 e. The first kappa shape index (κ1) is 23.1. The van der Waals surface area contributed by atoms with Crippen molar-refractivity contribution >= 4 is 29.9 Å². The van der Waals surface area contributed by atoms with Gasteiger partial charge < -0.3 is 10.6 Å². The summed E-state index contributed by atoms with van der Waals surface area (Å²) in [5.41, 5.74) is 0.803. The Morgan fingerprint density at radius 3 is 2.00 bits per heavy atom. The zero-order valence-corrected chi connectivity index (χ0v) is 16.0. The van der Waals surface area contributed by atoms with Gasteiger partial charge in [-0.1, -0.05) is 19.1 Å². The van der Waals surface area contributed by atoms with E-state index in [0.29, 0.717) is 0 Å². The van der Waals surface area contributed by atoms with E-state index >= 15 is 0 Å². The summed E-state index contributed by atoms with van der Waals surface area (Å²) in [4.78, 5) is 60.7. The minimum atomic E-state index is -1.06. The Morgan fingerprint density at radius 1 is 1.00 bits per heavy atom. The Morgan fingerprint density at radius 2 is 1.54 bits per heavy atom. The lowest BCUT2D eigenvalue weighted by Crippen LogP contribution is -2.54. The summed E-state index contributed by atoms with van der Waals surface area (Å²) in [6.07, 6.45) is 0.0761. The Bertz CT molecular complexity index is 604. The molecule has 0 aromatic rings. The highest BCUT2D eigenvalue weighted by atomic mass is 16.2. The maximum atomic E-state index is 12.0. The fourth-order valence-electron chi connectivity index (χ4n) is 1.72. The number of nitrogens with zero attached hydrogens (tertiary/aromatic N) is 2. The van der Waals surface area contributed by atoms with Crippen molar-refractivity contribution in [2.75, 3.05) is 21.1 Å². The van der Waals surface area contributed by atoms with Crippen LogP contribution in [0.1, 0.15) is 27.2 Å². The molecule has 8 amide bonds. The van der Waals surface area contributed by atoms with E-state index in [2.05, 4.69) is 17.2 Å². The van der Waals surface area contributed by atoms with E-state index in [-0.39, 0.29) is 12.3 Å². The zero-order valence-electron chi connectivity index (χ0n) is 16.0. The first-order valence-corrected chi connectivity index (χ1v) is 7.95. The standard InChI is InChI=1S/C16H27N5O5/c1-9(2)10(3)8-12(22)20(6)16(26)19-14(24)18-11(4)13(23)21(7)15(25)17-5/h10-11H,1,8H2,2-7H3,(H,17,25)(H2,18,19,24,26)/t10?,11-/m0/s1. The number of amides is 8. The quantitative estimate of drug-likeness (QED) is 0.613. The average Bonchev–Trinajstić information content (AvgIpc) is 2.58. The molecule has 0 heterocycles. The summed E-state index contributed by atoms with van der Waals surface area (Å²) in [6.45, 7) is 8.68. The van der Waals surface area contributed by atoms with Crippen molar-refractivity contribution in [3.63, 3.8) is 0 Å². The molecule has 0 aromatic carbocycles. The first-order chi connectivity index (χ1) is 11.9. The van der Waals surface area contributed by atoms with Crippen molar-refractivity contribution in [2.24, 2.45) is 5.92 Å². The highest BCUT2D eigenvalue weighted by molar-refractivity contribution is 6.03. The number of allylic oxidation sites excluding steroid dienone is 1. The van der Waals surface area contributed by atoms with Gasteiger partial charge in [-0.25, -0.2) is 14.4 Å². The van der Waals surface area contributed by atoms with Crippen LogP contribution in [0.3, 0.4) is 0 Å². The second kappa shape index (κ2) is 10.2. The van der Waals surface area contributed by atoms with E-state index in [9.17, 15) is 24.0 Å². The molecule has 0 saturated heterocycles. The van der Waals surface area contributed by atoms with Gasteiger partial charge in [-0.2, -0.15) is 0 Å². The van der Waals surface area contributed by atoms with E-state index in [1.165, 1.54) is 28.1 Å². The van der Waals surface area contributed by atoms with Gasteiger partial charge in [-0.05, 0) is 19.8 Å². The second-order valence-electron chi connectivity index (χ2n) is 5.98. The molecule has 10 nitrogen and oxygen atoms in total. The Kier molecular flexibility index (Phi) is 9.03. The maximum absolute atomic E-state index is 12.0. The molecule has 0 spiro atoms. The van der Waals surface area contributed by atoms with Crippen molar-refractivity contribution < 1.29 is 24.0 Å². The molecular formula is C16H27N5O5. The monoisotopic (exact) mass is 369 g/mol. The normalized spacial score (nSPS) is 12.2. The highest BCUT2D eigenvalue weighted by Gasteiger charge is 2.25. The minimum absolute atomic E-state index is 0.0761. The van der Waals surface area contributed by atoms with Gasteiger partial charge in [0.1, 0.15) is 6.04 Å². The first-order valence-electron chi connectivity index (χ1n) is 7.95. The third kappa shape index (κ3) is 6.91. The van der Waals surface area contributed by atoms with Crippen LogP contribution in [0.2, 0.25) is 0 Å². The SMILES string of the molecule is C=C(C)C(C)CC(=O)N(C)C(=O)NC(=O)N[C@@H](C)C(=O)N(C)C(=O)NC.